The van der Waals surface area contributed by atoms with E-state index < -0.39 is 0 Å². The van der Waals surface area contributed by atoms with Crippen molar-refractivity contribution in [2.45, 2.75) is 19.4 Å². The number of likely N-dealkylation sites (N-methyl/N-ethyl adjacent to an activating group) is 1. The first-order chi connectivity index (χ1) is 8.69. The molecule has 0 saturated carbocycles. The fourth-order valence-electron chi connectivity index (χ4n) is 2.11. The maximum absolute atomic E-state index is 5.96. The maximum atomic E-state index is 5.96. The van der Waals surface area contributed by atoms with Crippen molar-refractivity contribution in [2.24, 2.45) is 5.73 Å². The molecule has 1 atom stereocenters. The molecule has 0 aliphatic heterocycles. The van der Waals surface area contributed by atoms with E-state index in [9.17, 15) is 0 Å². The molecule has 0 saturated heterocycles. The fourth-order valence-corrected chi connectivity index (χ4v) is 2.11. The normalized spacial score (nSPS) is 13.2. The third-order valence-electron chi connectivity index (χ3n) is 3.08. The molecule has 0 radical (unpaired) electrons. The summed E-state index contributed by atoms with van der Waals surface area (Å²) in [5.41, 5.74) is 7.17. The first kappa shape index (κ1) is 15.1. The number of hydrogen-bond donors (Lipinski definition) is 1. The van der Waals surface area contributed by atoms with E-state index in [1.165, 1.54) is 5.56 Å². The summed E-state index contributed by atoms with van der Waals surface area (Å²) in [5, 5.41) is 0. The van der Waals surface area contributed by atoms with Crippen LogP contribution in [0.1, 0.15) is 24.9 Å². The molecule has 4 nitrogen and oxygen atoms in total. The molecule has 0 aromatic carbocycles. The standard InChI is InChI=1S/C14H26N4/c1-4-8-18(10-9-17(2)3)14(11-15)13-6-5-7-16-12-13/h5-7,12,14H,4,8-11,15H2,1-3H3. The Labute approximate surface area is 111 Å². The lowest BCUT2D eigenvalue weighted by Gasteiger charge is -2.31. The monoisotopic (exact) mass is 250 g/mol. The Morgan fingerprint density at radius 1 is 1.28 bits per heavy atom. The van der Waals surface area contributed by atoms with E-state index in [4.69, 9.17) is 5.73 Å². The Hall–Kier alpha value is -0.970. The Morgan fingerprint density at radius 3 is 2.56 bits per heavy atom. The van der Waals surface area contributed by atoms with Gasteiger partial charge in [0.2, 0.25) is 0 Å². The molecule has 0 aliphatic rings. The van der Waals surface area contributed by atoms with Gasteiger partial charge in [-0.15, -0.1) is 0 Å². The van der Waals surface area contributed by atoms with Crippen molar-refractivity contribution in [1.82, 2.24) is 14.8 Å². The van der Waals surface area contributed by atoms with Gasteiger partial charge in [0, 0.05) is 38.1 Å². The lowest BCUT2D eigenvalue weighted by atomic mass is 10.1. The van der Waals surface area contributed by atoms with Crippen LogP contribution in [-0.2, 0) is 0 Å². The number of nitrogens with zero attached hydrogens (tertiary/aromatic N) is 3. The highest BCUT2D eigenvalue weighted by Crippen LogP contribution is 2.18. The van der Waals surface area contributed by atoms with Crippen LogP contribution in [-0.4, -0.2) is 55.1 Å². The molecule has 1 rings (SSSR count). The van der Waals surface area contributed by atoms with Crippen molar-refractivity contribution in [1.29, 1.82) is 0 Å². The van der Waals surface area contributed by atoms with Crippen LogP contribution in [0.4, 0.5) is 0 Å². The SMILES string of the molecule is CCCN(CCN(C)C)C(CN)c1cccnc1. The highest BCUT2D eigenvalue weighted by molar-refractivity contribution is 5.14. The van der Waals surface area contributed by atoms with Gasteiger partial charge in [-0.3, -0.25) is 9.88 Å². The highest BCUT2D eigenvalue weighted by Gasteiger charge is 2.18. The van der Waals surface area contributed by atoms with Gasteiger partial charge in [-0.05, 0) is 38.7 Å². The third-order valence-corrected chi connectivity index (χ3v) is 3.08. The Kier molecular flexibility index (Phi) is 6.86. The second kappa shape index (κ2) is 8.19. The van der Waals surface area contributed by atoms with Crippen molar-refractivity contribution in [2.75, 3.05) is 40.3 Å². The van der Waals surface area contributed by atoms with Gasteiger partial charge in [0.1, 0.15) is 0 Å². The van der Waals surface area contributed by atoms with Gasteiger partial charge < -0.3 is 10.6 Å². The molecule has 18 heavy (non-hydrogen) atoms. The quantitative estimate of drug-likeness (QED) is 0.756. The molecule has 1 heterocycles. The molecule has 102 valence electrons. The predicted octanol–water partition coefficient (Wildman–Crippen LogP) is 1.36. The van der Waals surface area contributed by atoms with Gasteiger partial charge in [-0.1, -0.05) is 13.0 Å². The minimum Gasteiger partial charge on any atom is -0.329 e. The molecule has 0 spiro atoms. The van der Waals surface area contributed by atoms with Crippen LogP contribution < -0.4 is 5.73 Å². The van der Waals surface area contributed by atoms with Gasteiger partial charge in [0.15, 0.2) is 0 Å². The maximum Gasteiger partial charge on any atom is 0.0486 e. The van der Waals surface area contributed by atoms with Crippen molar-refractivity contribution in [3.8, 4) is 0 Å². The van der Waals surface area contributed by atoms with Crippen LogP contribution in [0.5, 0.6) is 0 Å². The summed E-state index contributed by atoms with van der Waals surface area (Å²) >= 11 is 0. The number of rotatable bonds is 8. The first-order valence-electron chi connectivity index (χ1n) is 6.67. The van der Waals surface area contributed by atoms with E-state index in [-0.39, 0.29) is 6.04 Å². The minimum absolute atomic E-state index is 0.276. The zero-order valence-electron chi connectivity index (χ0n) is 11.8. The second-order valence-corrected chi connectivity index (χ2v) is 4.88. The molecule has 1 unspecified atom stereocenters. The van der Waals surface area contributed by atoms with E-state index in [2.05, 4.69) is 41.9 Å². The molecular formula is C14H26N4. The second-order valence-electron chi connectivity index (χ2n) is 4.88. The minimum atomic E-state index is 0.276. The summed E-state index contributed by atoms with van der Waals surface area (Å²) in [6.07, 6.45) is 4.88. The summed E-state index contributed by atoms with van der Waals surface area (Å²) in [5.74, 6) is 0. The first-order valence-corrected chi connectivity index (χ1v) is 6.67. The van der Waals surface area contributed by atoms with Crippen molar-refractivity contribution in [3.63, 3.8) is 0 Å². The topological polar surface area (TPSA) is 45.4 Å². The number of nitrogens with two attached hydrogens (primary N) is 1. The molecule has 4 heteroatoms. The van der Waals surface area contributed by atoms with Crippen LogP contribution in [0, 0.1) is 0 Å². The van der Waals surface area contributed by atoms with E-state index >= 15 is 0 Å². The summed E-state index contributed by atoms with van der Waals surface area (Å²) in [7, 11) is 4.21. The molecule has 0 amide bonds. The zero-order valence-corrected chi connectivity index (χ0v) is 11.8. The van der Waals surface area contributed by atoms with Crippen LogP contribution in [0.25, 0.3) is 0 Å². The molecule has 0 aliphatic carbocycles. The van der Waals surface area contributed by atoms with Crippen LogP contribution in [0.15, 0.2) is 24.5 Å². The van der Waals surface area contributed by atoms with Gasteiger partial charge >= 0.3 is 0 Å². The summed E-state index contributed by atoms with van der Waals surface area (Å²) in [6.45, 7) is 6.01. The van der Waals surface area contributed by atoms with Crippen LogP contribution in [0.3, 0.4) is 0 Å². The van der Waals surface area contributed by atoms with Gasteiger partial charge in [-0.2, -0.15) is 0 Å². The van der Waals surface area contributed by atoms with E-state index in [0.29, 0.717) is 6.54 Å². The molecule has 1 aromatic heterocycles. The number of hydrogen-bond acceptors (Lipinski definition) is 4. The van der Waals surface area contributed by atoms with Gasteiger partial charge in [-0.25, -0.2) is 0 Å². The Morgan fingerprint density at radius 2 is 2.06 bits per heavy atom. The smallest absolute Gasteiger partial charge is 0.0486 e. The molecule has 2 N–H and O–H groups in total. The lowest BCUT2D eigenvalue weighted by molar-refractivity contribution is 0.182. The summed E-state index contributed by atoms with van der Waals surface area (Å²) < 4.78 is 0. The van der Waals surface area contributed by atoms with Crippen molar-refractivity contribution < 1.29 is 0 Å². The van der Waals surface area contributed by atoms with Gasteiger partial charge in [0.05, 0.1) is 0 Å². The number of aromatic nitrogens is 1. The fraction of sp³-hybridized carbons (Fsp3) is 0.643. The Bertz CT molecular complexity index is 313. The van der Waals surface area contributed by atoms with Crippen LogP contribution >= 0.6 is 0 Å². The zero-order chi connectivity index (χ0) is 13.4. The largest absolute Gasteiger partial charge is 0.329 e. The van der Waals surface area contributed by atoms with Crippen molar-refractivity contribution in [3.05, 3.63) is 30.1 Å². The average Bonchev–Trinajstić information content (AvgIpc) is 2.38. The average molecular weight is 250 g/mol. The lowest BCUT2D eigenvalue weighted by Crippen LogP contribution is -2.38. The van der Waals surface area contributed by atoms with E-state index in [1.54, 1.807) is 6.20 Å². The third kappa shape index (κ3) is 4.72. The molecule has 0 bridgehead atoms. The summed E-state index contributed by atoms with van der Waals surface area (Å²) in [6, 6.07) is 4.37. The molecule has 0 fully saturated rings. The van der Waals surface area contributed by atoms with E-state index in [0.717, 1.165) is 26.1 Å². The molecule has 1 aromatic rings. The predicted molar refractivity (Wildman–Crippen MR) is 76.5 cm³/mol. The summed E-state index contributed by atoms with van der Waals surface area (Å²) in [4.78, 5) is 8.86. The molecular weight excluding hydrogens is 224 g/mol. The van der Waals surface area contributed by atoms with E-state index in [1.807, 2.05) is 12.3 Å². The van der Waals surface area contributed by atoms with Crippen molar-refractivity contribution >= 4 is 0 Å². The highest BCUT2D eigenvalue weighted by atomic mass is 15.2. The van der Waals surface area contributed by atoms with Crippen LogP contribution in [0.2, 0.25) is 0 Å². The Balaban J connectivity index is 2.74. The van der Waals surface area contributed by atoms with Gasteiger partial charge in [0.25, 0.3) is 0 Å². The number of pyridine rings is 1.